The molecule has 0 unspecified atom stereocenters. The summed E-state index contributed by atoms with van der Waals surface area (Å²) in [5, 5.41) is 11.5. The van der Waals surface area contributed by atoms with Crippen LogP contribution in [0.25, 0.3) is 5.69 Å². The smallest absolute Gasteiger partial charge is 0.364 e. The number of para-hydroxylation sites is 1. The molecular weight excluding hydrogens is 423 g/mol. The average molecular weight is 443 g/mol. The maximum Gasteiger partial charge on any atom is 0.434 e. The molecule has 8 nitrogen and oxygen atoms in total. The van der Waals surface area contributed by atoms with Crippen LogP contribution in [0.15, 0.2) is 49.1 Å². The summed E-state index contributed by atoms with van der Waals surface area (Å²) < 4.78 is 38.2. The molecule has 11 heteroatoms. The number of amides is 1. The van der Waals surface area contributed by atoms with Crippen molar-refractivity contribution in [1.29, 1.82) is 0 Å². The average Bonchev–Trinajstić information content (AvgIpc) is 3.50. The highest BCUT2D eigenvalue weighted by molar-refractivity contribution is 5.98. The largest absolute Gasteiger partial charge is 0.434 e. The number of hydrogen-bond acceptors (Lipinski definition) is 6. The predicted molar refractivity (Wildman–Crippen MR) is 108 cm³/mol. The fraction of sp³-hybridized carbons (Fsp3) is 0.381. The van der Waals surface area contributed by atoms with Crippen LogP contribution < -0.4 is 5.32 Å². The van der Waals surface area contributed by atoms with Gasteiger partial charge in [0.25, 0.3) is 5.91 Å². The van der Waals surface area contributed by atoms with E-state index in [4.69, 9.17) is 0 Å². The molecule has 2 aliphatic rings. The highest BCUT2D eigenvalue weighted by atomic mass is 19.4. The van der Waals surface area contributed by atoms with Gasteiger partial charge in [0, 0.05) is 12.1 Å². The van der Waals surface area contributed by atoms with Crippen molar-refractivity contribution in [3.05, 3.63) is 60.3 Å². The van der Waals surface area contributed by atoms with Crippen LogP contribution in [0.1, 0.15) is 35.8 Å². The molecule has 1 amide bonds. The minimum absolute atomic E-state index is 0.0443. The summed E-state index contributed by atoms with van der Waals surface area (Å²) in [5.74, 6) is 0.429. The van der Waals surface area contributed by atoms with Crippen molar-refractivity contribution in [2.45, 2.75) is 44.1 Å². The number of rotatable bonds is 4. The van der Waals surface area contributed by atoms with Crippen LogP contribution in [0, 0.1) is 5.92 Å². The van der Waals surface area contributed by atoms with Gasteiger partial charge in [0.05, 0.1) is 42.1 Å². The molecule has 0 spiro atoms. The Bertz CT molecular complexity index is 1120. The Morgan fingerprint density at radius 2 is 1.84 bits per heavy atom. The third-order valence-electron chi connectivity index (χ3n) is 6.32. The zero-order valence-corrected chi connectivity index (χ0v) is 17.1. The number of likely N-dealkylation sites (tertiary alicyclic amines) is 1. The van der Waals surface area contributed by atoms with E-state index in [9.17, 15) is 18.0 Å². The zero-order valence-electron chi connectivity index (χ0n) is 17.1. The topological polar surface area (TPSA) is 88.8 Å². The van der Waals surface area contributed by atoms with Crippen molar-refractivity contribution in [3.63, 3.8) is 0 Å². The lowest BCUT2D eigenvalue weighted by atomic mass is 9.97. The lowest BCUT2D eigenvalue weighted by Gasteiger charge is -2.38. The summed E-state index contributed by atoms with van der Waals surface area (Å²) in [4.78, 5) is 24.2. The summed E-state index contributed by atoms with van der Waals surface area (Å²) >= 11 is 0. The molecule has 2 fully saturated rings. The molecule has 1 aliphatic carbocycles. The number of aromatic nitrogens is 5. The van der Waals surface area contributed by atoms with Crippen molar-refractivity contribution in [1.82, 2.24) is 29.9 Å². The van der Waals surface area contributed by atoms with Crippen LogP contribution in [0.3, 0.4) is 0 Å². The van der Waals surface area contributed by atoms with Crippen LogP contribution in [0.4, 0.5) is 19.0 Å². The molecule has 2 aromatic heterocycles. The van der Waals surface area contributed by atoms with Crippen LogP contribution in [0.2, 0.25) is 0 Å². The lowest BCUT2D eigenvalue weighted by molar-refractivity contribution is -0.141. The summed E-state index contributed by atoms with van der Waals surface area (Å²) in [6.07, 6.45) is 1.99. The van der Waals surface area contributed by atoms with Gasteiger partial charge in [0.1, 0.15) is 5.82 Å². The van der Waals surface area contributed by atoms with Gasteiger partial charge in [-0.1, -0.05) is 12.1 Å². The Labute approximate surface area is 181 Å². The molecule has 3 heterocycles. The van der Waals surface area contributed by atoms with Crippen LogP contribution in [-0.4, -0.2) is 53.9 Å². The quantitative estimate of drug-likeness (QED) is 0.666. The number of piperidine rings is 1. The van der Waals surface area contributed by atoms with E-state index >= 15 is 0 Å². The van der Waals surface area contributed by atoms with Gasteiger partial charge >= 0.3 is 6.18 Å². The van der Waals surface area contributed by atoms with E-state index in [1.165, 1.54) is 4.80 Å². The first-order valence-corrected chi connectivity index (χ1v) is 10.3. The van der Waals surface area contributed by atoms with E-state index in [2.05, 4.69) is 25.5 Å². The van der Waals surface area contributed by atoms with E-state index in [-0.39, 0.29) is 29.9 Å². The molecule has 1 N–H and O–H groups in total. The number of hydrogen-bond donors (Lipinski definition) is 1. The van der Waals surface area contributed by atoms with E-state index in [1.54, 1.807) is 30.6 Å². The first-order chi connectivity index (χ1) is 15.3. The third kappa shape index (κ3) is 3.47. The van der Waals surface area contributed by atoms with Crippen LogP contribution >= 0.6 is 0 Å². The minimum atomic E-state index is -4.53. The lowest BCUT2D eigenvalue weighted by Crippen LogP contribution is -2.51. The first-order valence-electron chi connectivity index (χ1n) is 10.3. The highest BCUT2D eigenvalue weighted by Gasteiger charge is 2.51. The highest BCUT2D eigenvalue weighted by Crippen LogP contribution is 2.44. The first kappa shape index (κ1) is 20.4. The monoisotopic (exact) mass is 443 g/mol. The van der Waals surface area contributed by atoms with Crippen molar-refractivity contribution in [2.24, 2.45) is 5.92 Å². The molecule has 5 rings (SSSR count). The van der Waals surface area contributed by atoms with Crippen LogP contribution in [0.5, 0.6) is 0 Å². The van der Waals surface area contributed by atoms with E-state index in [1.807, 2.05) is 17.9 Å². The van der Waals surface area contributed by atoms with E-state index in [0.717, 1.165) is 19.0 Å². The minimum Gasteiger partial charge on any atom is -0.364 e. The second-order valence-corrected chi connectivity index (χ2v) is 8.12. The molecule has 4 atom stereocenters. The number of anilines is 1. The van der Waals surface area contributed by atoms with Gasteiger partial charge < -0.3 is 10.2 Å². The molecule has 32 heavy (non-hydrogen) atoms. The summed E-state index contributed by atoms with van der Waals surface area (Å²) in [7, 11) is 0. The summed E-state index contributed by atoms with van der Waals surface area (Å²) in [6, 6.07) is 6.98. The fourth-order valence-corrected chi connectivity index (χ4v) is 4.82. The second kappa shape index (κ2) is 7.57. The number of nitrogens with one attached hydrogen (secondary N) is 1. The van der Waals surface area contributed by atoms with Crippen molar-refractivity contribution < 1.29 is 18.0 Å². The number of carbonyl (C=O) groups is 1. The maximum atomic E-state index is 13.6. The Balaban J connectivity index is 1.38. The molecular formula is C21H20F3N7O. The van der Waals surface area contributed by atoms with Gasteiger partial charge in [0.15, 0.2) is 5.69 Å². The molecule has 2 bridgehead atoms. The predicted octanol–water partition coefficient (Wildman–Crippen LogP) is 3.18. The van der Waals surface area contributed by atoms with Gasteiger partial charge in [0.2, 0.25) is 0 Å². The number of halogens is 3. The van der Waals surface area contributed by atoms with E-state index in [0.29, 0.717) is 23.4 Å². The Hall–Kier alpha value is -3.50. The van der Waals surface area contributed by atoms with Gasteiger partial charge in [-0.3, -0.25) is 4.79 Å². The molecule has 0 radical (unpaired) electrons. The SMILES string of the molecule is C[C@H]1[C@@H]2C[C@H](Nc3cnc(C(F)(F)F)cn3)[C@@H](C2)N1C(=O)c1ccccc1-n1nccn1. The third-order valence-corrected chi connectivity index (χ3v) is 6.32. The number of carbonyl (C=O) groups excluding carboxylic acids is 1. The summed E-state index contributed by atoms with van der Waals surface area (Å²) in [5.41, 5.74) is 0.0528. The number of fused-ring (bicyclic) bond motifs is 2. The van der Waals surface area contributed by atoms with E-state index < -0.39 is 11.9 Å². The van der Waals surface area contributed by atoms with Crippen LogP contribution in [-0.2, 0) is 6.18 Å². The maximum absolute atomic E-state index is 13.6. The molecule has 1 aromatic carbocycles. The fourth-order valence-electron chi connectivity index (χ4n) is 4.82. The zero-order chi connectivity index (χ0) is 22.5. The van der Waals surface area contributed by atoms with Crippen molar-refractivity contribution >= 4 is 11.7 Å². The normalized spacial score (nSPS) is 24.7. The van der Waals surface area contributed by atoms with Gasteiger partial charge in [-0.25, -0.2) is 9.97 Å². The molecule has 3 aromatic rings. The Kier molecular flexibility index (Phi) is 4.83. The Morgan fingerprint density at radius 1 is 1.09 bits per heavy atom. The van der Waals surface area contributed by atoms with Gasteiger partial charge in [-0.05, 0) is 37.8 Å². The molecule has 1 saturated heterocycles. The standard InChI is InChI=1S/C21H20F3N7O/c1-12-13-8-15(29-19-11-25-18(10-26-19)21(22,23)24)17(9-13)30(12)20(32)14-4-2-3-5-16(14)31-27-6-7-28-31/h2-7,10-13,15,17H,8-9H2,1H3,(H,26,29)/t12-,13+,15-,17+/m0/s1. The molecule has 1 aliphatic heterocycles. The van der Waals surface area contributed by atoms with Crippen molar-refractivity contribution in [3.8, 4) is 5.69 Å². The van der Waals surface area contributed by atoms with Gasteiger partial charge in [-0.2, -0.15) is 28.2 Å². The molecule has 1 saturated carbocycles. The van der Waals surface area contributed by atoms with Gasteiger partial charge in [-0.15, -0.1) is 0 Å². The number of alkyl halides is 3. The molecule has 166 valence electrons. The Morgan fingerprint density at radius 3 is 2.50 bits per heavy atom. The number of benzene rings is 1. The van der Waals surface area contributed by atoms with Crippen molar-refractivity contribution in [2.75, 3.05) is 5.32 Å². The summed E-state index contributed by atoms with van der Waals surface area (Å²) in [6.45, 7) is 2.03. The number of nitrogens with zero attached hydrogens (tertiary/aromatic N) is 6. The second-order valence-electron chi connectivity index (χ2n) is 8.12.